The van der Waals surface area contributed by atoms with Crippen LogP contribution in [0.1, 0.15) is 78.6 Å². The van der Waals surface area contributed by atoms with E-state index in [-0.39, 0.29) is 23.6 Å². The topological polar surface area (TPSA) is 46.5 Å². The average Bonchev–Trinajstić information content (AvgIpc) is 2.84. The lowest BCUT2D eigenvalue weighted by Gasteiger charge is -2.60. The normalized spacial score (nSPS) is 53.7. The molecule has 0 aromatic carbocycles. The number of rotatable bonds is 1. The predicted molar refractivity (Wildman–Crippen MR) is 93.3 cm³/mol. The average molecular weight is 335 g/mol. The van der Waals surface area contributed by atoms with E-state index in [2.05, 4.69) is 13.8 Å². The summed E-state index contributed by atoms with van der Waals surface area (Å²) in [5, 5.41) is 10.1. The van der Waals surface area contributed by atoms with Gasteiger partial charge in [-0.3, -0.25) is 4.79 Å². The summed E-state index contributed by atoms with van der Waals surface area (Å²) in [4.78, 5) is 11.5. The molecule has 1 N–H and O–H groups in total. The van der Waals surface area contributed by atoms with E-state index in [1.54, 1.807) is 6.92 Å². The van der Waals surface area contributed by atoms with Gasteiger partial charge in [0.2, 0.25) is 0 Å². The number of hydrogen-bond acceptors (Lipinski definition) is 3. The summed E-state index contributed by atoms with van der Waals surface area (Å²) in [6.07, 6.45) is 10.7. The lowest BCUT2D eigenvalue weighted by atomic mass is 9.45. The molecule has 0 bridgehead atoms. The number of esters is 1. The Kier molecular flexibility index (Phi) is 4.02. The van der Waals surface area contributed by atoms with Gasteiger partial charge in [0.15, 0.2) is 0 Å². The van der Waals surface area contributed by atoms with Crippen molar-refractivity contribution >= 4 is 5.97 Å². The minimum absolute atomic E-state index is 0.0618. The highest BCUT2D eigenvalue weighted by molar-refractivity contribution is 5.66. The number of aliphatic hydroxyl groups excluding tert-OH is 1. The lowest BCUT2D eigenvalue weighted by Crippen LogP contribution is -2.54. The largest absolute Gasteiger partial charge is 0.462 e. The number of carbonyl (C=O) groups is 1. The third kappa shape index (κ3) is 2.37. The third-order valence-corrected chi connectivity index (χ3v) is 8.86. The van der Waals surface area contributed by atoms with Crippen molar-refractivity contribution in [3.05, 3.63) is 0 Å². The molecule has 0 aromatic rings. The number of ether oxygens (including phenoxy) is 1. The Labute approximate surface area is 146 Å². The Hall–Kier alpha value is -0.570. The monoisotopic (exact) mass is 334 g/mol. The van der Waals surface area contributed by atoms with Crippen LogP contribution in [0.3, 0.4) is 0 Å². The summed E-state index contributed by atoms with van der Waals surface area (Å²) < 4.78 is 5.74. The molecule has 4 rings (SSSR count). The maximum atomic E-state index is 11.5. The fourth-order valence-corrected chi connectivity index (χ4v) is 7.58. The Balaban J connectivity index is 1.57. The van der Waals surface area contributed by atoms with E-state index < -0.39 is 0 Å². The second kappa shape index (κ2) is 5.72. The fraction of sp³-hybridized carbons (Fsp3) is 0.952. The summed E-state index contributed by atoms with van der Waals surface area (Å²) in [5.74, 6) is 2.96. The van der Waals surface area contributed by atoms with Crippen molar-refractivity contribution in [2.45, 2.75) is 90.8 Å². The van der Waals surface area contributed by atoms with Crippen molar-refractivity contribution in [1.82, 2.24) is 0 Å². The smallest absolute Gasteiger partial charge is 0.302 e. The van der Waals surface area contributed by atoms with Gasteiger partial charge in [0.05, 0.1) is 6.10 Å². The summed E-state index contributed by atoms with van der Waals surface area (Å²) in [5.41, 5.74) is 0.632. The van der Waals surface area contributed by atoms with E-state index in [9.17, 15) is 9.90 Å². The van der Waals surface area contributed by atoms with Crippen molar-refractivity contribution in [3.8, 4) is 0 Å². The van der Waals surface area contributed by atoms with E-state index >= 15 is 0 Å². The van der Waals surface area contributed by atoms with Crippen LogP contribution in [0.5, 0.6) is 0 Å². The quantitative estimate of drug-likeness (QED) is 0.726. The molecule has 0 heterocycles. The van der Waals surface area contributed by atoms with Crippen LogP contribution in [-0.4, -0.2) is 23.3 Å². The summed E-state index contributed by atoms with van der Waals surface area (Å²) in [6.45, 7) is 6.48. The van der Waals surface area contributed by atoms with Crippen molar-refractivity contribution in [3.63, 3.8) is 0 Å². The lowest BCUT2D eigenvalue weighted by molar-refractivity contribution is -0.163. The van der Waals surface area contributed by atoms with Crippen molar-refractivity contribution < 1.29 is 14.6 Å². The molecule has 5 unspecified atom stereocenters. The second-order valence-electron chi connectivity index (χ2n) is 9.81. The molecule has 0 radical (unpaired) electrons. The number of aliphatic hydroxyl groups is 1. The highest BCUT2D eigenvalue weighted by Crippen LogP contribution is 2.66. The minimum atomic E-state index is -0.110. The molecule has 4 aliphatic carbocycles. The van der Waals surface area contributed by atoms with E-state index in [4.69, 9.17) is 4.74 Å². The van der Waals surface area contributed by atoms with Gasteiger partial charge < -0.3 is 9.84 Å². The van der Waals surface area contributed by atoms with E-state index in [1.807, 2.05) is 0 Å². The molecule has 136 valence electrons. The summed E-state index contributed by atoms with van der Waals surface area (Å²) in [6, 6.07) is 0. The highest BCUT2D eigenvalue weighted by atomic mass is 16.5. The van der Waals surface area contributed by atoms with Gasteiger partial charge in [-0.15, -0.1) is 0 Å². The van der Waals surface area contributed by atoms with Crippen LogP contribution in [0.25, 0.3) is 0 Å². The van der Waals surface area contributed by atoms with Gasteiger partial charge in [-0.1, -0.05) is 13.8 Å². The van der Waals surface area contributed by atoms with Crippen molar-refractivity contribution in [2.75, 3.05) is 0 Å². The zero-order valence-corrected chi connectivity index (χ0v) is 15.6. The number of fused-ring (bicyclic) bond motifs is 5. The maximum absolute atomic E-state index is 11.5. The van der Waals surface area contributed by atoms with Gasteiger partial charge in [-0.2, -0.15) is 0 Å². The molecule has 24 heavy (non-hydrogen) atoms. The zero-order valence-electron chi connectivity index (χ0n) is 15.6. The zero-order chi connectivity index (χ0) is 17.1. The molecule has 0 amide bonds. The van der Waals surface area contributed by atoms with E-state index in [0.717, 1.165) is 42.9 Å². The number of carbonyl (C=O) groups excluding carboxylic acids is 1. The first-order valence-corrected chi connectivity index (χ1v) is 10.2. The van der Waals surface area contributed by atoms with Gasteiger partial charge in [-0.05, 0) is 86.9 Å². The van der Waals surface area contributed by atoms with Crippen LogP contribution in [-0.2, 0) is 9.53 Å². The predicted octanol–water partition coefficient (Wildman–Crippen LogP) is 4.32. The van der Waals surface area contributed by atoms with Crippen LogP contribution in [0.4, 0.5) is 0 Å². The SMILES string of the molecule is CC(=O)OC1CCC2C3CCC4C[C@@H](O)CC[C@]4(C)C3CC[C@]12C. The Bertz CT molecular complexity index is 517. The first-order chi connectivity index (χ1) is 11.3. The molecular formula is C21H34O3. The van der Waals surface area contributed by atoms with Crippen LogP contribution in [0, 0.1) is 34.5 Å². The second-order valence-corrected chi connectivity index (χ2v) is 9.81. The fourth-order valence-electron chi connectivity index (χ4n) is 7.58. The molecule has 0 aromatic heterocycles. The van der Waals surface area contributed by atoms with Gasteiger partial charge in [-0.25, -0.2) is 0 Å². The number of hydrogen-bond donors (Lipinski definition) is 1. The van der Waals surface area contributed by atoms with Gasteiger partial charge in [0, 0.05) is 12.3 Å². The maximum Gasteiger partial charge on any atom is 0.302 e. The molecule has 0 saturated heterocycles. The molecule has 3 nitrogen and oxygen atoms in total. The van der Waals surface area contributed by atoms with Gasteiger partial charge in [0.1, 0.15) is 6.10 Å². The van der Waals surface area contributed by atoms with Gasteiger partial charge >= 0.3 is 5.97 Å². The third-order valence-electron chi connectivity index (χ3n) is 8.86. The molecule has 0 spiro atoms. The standard InChI is InChI=1S/C21H34O3/c1-13(22)24-19-7-6-17-16-5-4-14-12-15(23)8-10-20(14,2)18(16)9-11-21(17,19)3/h14-19,23H,4-12H2,1-3H3/t14?,15-,16?,17?,18?,19?,20-,21-/m0/s1. The van der Waals surface area contributed by atoms with Crippen LogP contribution in [0.2, 0.25) is 0 Å². The Morgan fingerprint density at radius 2 is 1.67 bits per heavy atom. The Morgan fingerprint density at radius 3 is 2.42 bits per heavy atom. The molecule has 4 saturated carbocycles. The van der Waals surface area contributed by atoms with Crippen LogP contribution in [0.15, 0.2) is 0 Å². The molecule has 4 fully saturated rings. The van der Waals surface area contributed by atoms with Crippen molar-refractivity contribution in [1.29, 1.82) is 0 Å². The molecule has 0 aliphatic heterocycles. The minimum Gasteiger partial charge on any atom is -0.462 e. The Morgan fingerprint density at radius 1 is 0.958 bits per heavy atom. The first-order valence-electron chi connectivity index (χ1n) is 10.2. The van der Waals surface area contributed by atoms with Crippen LogP contribution >= 0.6 is 0 Å². The molecule has 3 heteroatoms. The highest BCUT2D eigenvalue weighted by Gasteiger charge is 2.60. The van der Waals surface area contributed by atoms with Crippen LogP contribution < -0.4 is 0 Å². The summed E-state index contributed by atoms with van der Waals surface area (Å²) in [7, 11) is 0. The van der Waals surface area contributed by atoms with Crippen molar-refractivity contribution in [2.24, 2.45) is 34.5 Å². The summed E-state index contributed by atoms with van der Waals surface area (Å²) >= 11 is 0. The van der Waals surface area contributed by atoms with Gasteiger partial charge in [0.25, 0.3) is 0 Å². The first kappa shape index (κ1) is 16.9. The van der Waals surface area contributed by atoms with E-state index in [0.29, 0.717) is 5.41 Å². The molecule has 8 atom stereocenters. The van der Waals surface area contributed by atoms with E-state index in [1.165, 1.54) is 38.5 Å². The molecular weight excluding hydrogens is 300 g/mol. The molecule has 4 aliphatic rings.